The molecule has 1 fully saturated rings. The molecular weight excluding hydrogens is 514 g/mol. The molecule has 1 N–H and O–H groups in total. The molecule has 0 spiro atoms. The number of fused-ring (bicyclic) bond motifs is 3. The Kier molecular flexibility index (Phi) is 5.73. The zero-order chi connectivity index (χ0) is 22.4. The Hall–Kier alpha value is -2.35. The Morgan fingerprint density at radius 3 is 2.22 bits per heavy atom. The standard InChI is InChI=1S/C24H19BrClNO4S/c25-19-11-20(32-22(19)26)21(23(28)29)27(13-9-10-13)24(30)31-12-18-16-7-3-1-5-14(16)15-6-2-4-8-17(15)18/h1-8,11,13,18,21H,9-10,12H2,(H,28,29). The van der Waals surface area contributed by atoms with Gasteiger partial charge in [0, 0.05) is 21.3 Å². The van der Waals surface area contributed by atoms with Crippen LogP contribution in [-0.2, 0) is 9.53 Å². The number of carbonyl (C=O) groups excluding carboxylic acids is 1. The SMILES string of the molecule is O=C(O)C(c1cc(Br)c(Cl)s1)N(C(=O)OCC1c2ccccc2-c2ccccc21)C1CC1. The van der Waals surface area contributed by atoms with Crippen molar-refractivity contribution >= 4 is 50.9 Å². The summed E-state index contributed by atoms with van der Waals surface area (Å²) in [5.41, 5.74) is 4.51. The largest absolute Gasteiger partial charge is 0.479 e. The molecular formula is C24H19BrClNO4S. The second kappa shape index (κ2) is 8.54. The lowest BCUT2D eigenvalue weighted by Gasteiger charge is -2.28. The van der Waals surface area contributed by atoms with Crippen LogP contribution in [0.25, 0.3) is 11.1 Å². The molecule has 5 rings (SSSR count). The van der Waals surface area contributed by atoms with Gasteiger partial charge in [0.25, 0.3) is 0 Å². The molecule has 164 valence electrons. The lowest BCUT2D eigenvalue weighted by atomic mass is 9.98. The van der Waals surface area contributed by atoms with E-state index >= 15 is 0 Å². The maximum atomic E-state index is 13.2. The summed E-state index contributed by atoms with van der Waals surface area (Å²) in [6.07, 6.45) is 0.907. The van der Waals surface area contributed by atoms with Crippen molar-refractivity contribution < 1.29 is 19.4 Å². The fraction of sp³-hybridized carbons (Fsp3) is 0.250. The van der Waals surface area contributed by atoms with Crippen molar-refractivity contribution in [3.05, 3.63) is 79.4 Å². The molecule has 32 heavy (non-hydrogen) atoms. The molecule has 0 aliphatic heterocycles. The number of nitrogens with zero attached hydrogens (tertiary/aromatic N) is 1. The van der Waals surface area contributed by atoms with Gasteiger partial charge in [-0.2, -0.15) is 0 Å². The molecule has 2 aliphatic carbocycles. The molecule has 1 saturated carbocycles. The van der Waals surface area contributed by atoms with E-state index in [1.54, 1.807) is 6.07 Å². The summed E-state index contributed by atoms with van der Waals surface area (Å²) < 4.78 is 6.85. The van der Waals surface area contributed by atoms with Crippen molar-refractivity contribution in [2.45, 2.75) is 30.8 Å². The molecule has 1 amide bonds. The minimum atomic E-state index is -1.13. The molecule has 1 atom stereocenters. The number of carboxylic acid groups (broad SMARTS) is 1. The van der Waals surface area contributed by atoms with Crippen LogP contribution in [0.1, 0.15) is 40.8 Å². The van der Waals surface area contributed by atoms with Crippen molar-refractivity contribution in [3.8, 4) is 11.1 Å². The molecule has 1 aromatic heterocycles. The van der Waals surface area contributed by atoms with Crippen molar-refractivity contribution in [2.24, 2.45) is 0 Å². The van der Waals surface area contributed by atoms with E-state index in [1.165, 1.54) is 4.90 Å². The van der Waals surface area contributed by atoms with Crippen LogP contribution in [0, 0.1) is 0 Å². The molecule has 8 heteroatoms. The first-order valence-corrected chi connectivity index (χ1v) is 12.2. The molecule has 0 radical (unpaired) electrons. The summed E-state index contributed by atoms with van der Waals surface area (Å²) in [6, 6.07) is 16.6. The van der Waals surface area contributed by atoms with Gasteiger partial charge in [-0.3, -0.25) is 4.90 Å². The summed E-state index contributed by atoms with van der Waals surface area (Å²) >= 11 is 10.6. The highest BCUT2D eigenvalue weighted by molar-refractivity contribution is 9.10. The van der Waals surface area contributed by atoms with E-state index < -0.39 is 18.1 Å². The van der Waals surface area contributed by atoms with Crippen LogP contribution >= 0.6 is 38.9 Å². The Bertz CT molecular complexity index is 1140. The van der Waals surface area contributed by atoms with E-state index in [-0.39, 0.29) is 18.6 Å². The van der Waals surface area contributed by atoms with Gasteiger partial charge in [0.15, 0.2) is 6.04 Å². The highest BCUT2D eigenvalue weighted by atomic mass is 79.9. The van der Waals surface area contributed by atoms with Crippen LogP contribution in [0.3, 0.4) is 0 Å². The van der Waals surface area contributed by atoms with Crippen LogP contribution in [0.2, 0.25) is 4.34 Å². The van der Waals surface area contributed by atoms with Crippen LogP contribution in [0.4, 0.5) is 4.79 Å². The monoisotopic (exact) mass is 531 g/mol. The number of carboxylic acids is 1. The van der Waals surface area contributed by atoms with E-state index in [0.29, 0.717) is 13.7 Å². The first-order chi connectivity index (χ1) is 15.5. The predicted molar refractivity (Wildman–Crippen MR) is 127 cm³/mol. The average Bonchev–Trinajstić information content (AvgIpc) is 3.49. The van der Waals surface area contributed by atoms with E-state index in [9.17, 15) is 14.7 Å². The topological polar surface area (TPSA) is 66.8 Å². The van der Waals surface area contributed by atoms with Crippen molar-refractivity contribution in [3.63, 3.8) is 0 Å². The third-order valence-corrected chi connectivity index (χ3v) is 8.46. The lowest BCUT2D eigenvalue weighted by molar-refractivity contribution is -0.143. The number of hydrogen-bond acceptors (Lipinski definition) is 4. The normalized spacial score (nSPS) is 15.7. The first-order valence-electron chi connectivity index (χ1n) is 10.3. The third-order valence-electron chi connectivity index (χ3n) is 5.93. The van der Waals surface area contributed by atoms with Gasteiger partial charge in [-0.25, -0.2) is 9.59 Å². The van der Waals surface area contributed by atoms with E-state index in [1.807, 2.05) is 24.3 Å². The lowest BCUT2D eigenvalue weighted by Crippen LogP contribution is -2.41. The van der Waals surface area contributed by atoms with Crippen LogP contribution in [0.5, 0.6) is 0 Å². The highest BCUT2D eigenvalue weighted by Crippen LogP contribution is 2.45. The number of carbonyl (C=O) groups is 2. The minimum Gasteiger partial charge on any atom is -0.479 e. The second-order valence-electron chi connectivity index (χ2n) is 7.95. The van der Waals surface area contributed by atoms with Gasteiger partial charge in [0.1, 0.15) is 10.9 Å². The summed E-state index contributed by atoms with van der Waals surface area (Å²) in [4.78, 5) is 27.3. The van der Waals surface area contributed by atoms with Crippen molar-refractivity contribution in [2.75, 3.05) is 6.61 Å². The number of ether oxygens (including phenoxy) is 1. The summed E-state index contributed by atoms with van der Waals surface area (Å²) in [7, 11) is 0. The van der Waals surface area contributed by atoms with E-state index in [2.05, 4.69) is 40.2 Å². The zero-order valence-corrected chi connectivity index (χ0v) is 20.0. The number of amides is 1. The molecule has 2 aromatic carbocycles. The third kappa shape index (κ3) is 3.83. The Balaban J connectivity index is 1.40. The van der Waals surface area contributed by atoms with Crippen LogP contribution in [-0.4, -0.2) is 34.7 Å². The molecule has 0 saturated heterocycles. The fourth-order valence-electron chi connectivity index (χ4n) is 4.36. The van der Waals surface area contributed by atoms with Gasteiger partial charge in [-0.15, -0.1) is 11.3 Å². The molecule has 3 aromatic rings. The molecule has 1 unspecified atom stereocenters. The Morgan fingerprint density at radius 2 is 1.72 bits per heavy atom. The van der Waals surface area contributed by atoms with Gasteiger partial charge >= 0.3 is 12.1 Å². The van der Waals surface area contributed by atoms with Gasteiger partial charge < -0.3 is 9.84 Å². The number of hydrogen-bond donors (Lipinski definition) is 1. The summed E-state index contributed by atoms with van der Waals surface area (Å²) in [5.74, 6) is -1.18. The minimum absolute atomic E-state index is 0.0824. The van der Waals surface area contributed by atoms with E-state index in [4.69, 9.17) is 16.3 Å². The number of rotatable bonds is 6. The van der Waals surface area contributed by atoms with E-state index in [0.717, 1.165) is 46.4 Å². The van der Waals surface area contributed by atoms with Gasteiger partial charge in [-0.1, -0.05) is 60.1 Å². The average molecular weight is 533 g/mol. The summed E-state index contributed by atoms with van der Waals surface area (Å²) in [6.45, 7) is 0.150. The quantitative estimate of drug-likeness (QED) is 0.383. The molecule has 2 aliphatic rings. The maximum absolute atomic E-state index is 13.2. The Morgan fingerprint density at radius 1 is 1.12 bits per heavy atom. The predicted octanol–water partition coefficient (Wildman–Crippen LogP) is 6.70. The number of aliphatic carboxylic acids is 1. The zero-order valence-electron chi connectivity index (χ0n) is 16.8. The van der Waals surface area contributed by atoms with Gasteiger partial charge in [0.05, 0.1) is 0 Å². The van der Waals surface area contributed by atoms with Crippen LogP contribution in [0.15, 0.2) is 59.1 Å². The van der Waals surface area contributed by atoms with Crippen molar-refractivity contribution in [1.29, 1.82) is 0 Å². The number of thiophene rings is 1. The maximum Gasteiger partial charge on any atom is 0.411 e. The van der Waals surface area contributed by atoms with Crippen molar-refractivity contribution in [1.82, 2.24) is 4.90 Å². The smallest absolute Gasteiger partial charge is 0.411 e. The Labute approximate surface area is 202 Å². The summed E-state index contributed by atoms with van der Waals surface area (Å²) in [5, 5.41) is 9.96. The molecule has 5 nitrogen and oxygen atoms in total. The fourth-order valence-corrected chi connectivity index (χ4v) is 6.19. The molecule has 1 heterocycles. The van der Waals surface area contributed by atoms with Crippen LogP contribution < -0.4 is 0 Å². The molecule has 0 bridgehead atoms. The highest BCUT2D eigenvalue weighted by Gasteiger charge is 2.44. The van der Waals surface area contributed by atoms with Gasteiger partial charge in [0.2, 0.25) is 0 Å². The number of halogens is 2. The second-order valence-corrected chi connectivity index (χ2v) is 10.5. The van der Waals surface area contributed by atoms with Gasteiger partial charge in [-0.05, 0) is 57.1 Å². The first kappa shape index (κ1) is 21.5. The number of benzene rings is 2.